The molecule has 0 saturated carbocycles. The van der Waals surface area contributed by atoms with Crippen LogP contribution in [0.1, 0.15) is 61.9 Å². The highest BCUT2D eigenvalue weighted by Gasteiger charge is 2.45. The summed E-state index contributed by atoms with van der Waals surface area (Å²) >= 11 is 0. The van der Waals surface area contributed by atoms with E-state index < -0.39 is 54.5 Å². The Bertz CT molecular complexity index is 2420. The van der Waals surface area contributed by atoms with Gasteiger partial charge in [0.2, 0.25) is 23.6 Å². The van der Waals surface area contributed by atoms with Gasteiger partial charge in [-0.3, -0.25) is 24.0 Å². The maximum Gasteiger partial charge on any atom is 0.343 e. The molecule has 0 saturated heterocycles. The number of nitrogens with one attached hydrogen (secondary N) is 5. The van der Waals surface area contributed by atoms with Crippen molar-refractivity contribution in [2.45, 2.75) is 77.8 Å². The van der Waals surface area contributed by atoms with Crippen LogP contribution < -0.4 is 36.9 Å². The maximum absolute atomic E-state index is 13.6. The molecule has 61 heavy (non-hydrogen) atoms. The lowest BCUT2D eigenvalue weighted by atomic mass is 9.86. The normalized spacial score (nSPS) is 15.5. The molecule has 4 aromatic rings. The van der Waals surface area contributed by atoms with Crippen molar-refractivity contribution in [1.82, 2.24) is 36.1 Å². The summed E-state index contributed by atoms with van der Waals surface area (Å²) in [4.78, 5) is 94.0. The molecular weight excluding hydrogens is 791 g/mol. The van der Waals surface area contributed by atoms with Crippen LogP contribution in [0.3, 0.4) is 0 Å². The number of amides is 4. The molecule has 0 spiro atoms. The predicted octanol–water partition coefficient (Wildman–Crippen LogP) is 0.596. The van der Waals surface area contributed by atoms with Gasteiger partial charge in [-0.15, -0.1) is 0 Å². The van der Waals surface area contributed by atoms with Gasteiger partial charge in [0.25, 0.3) is 5.56 Å². The van der Waals surface area contributed by atoms with Gasteiger partial charge in [-0.2, -0.15) is 0 Å². The fourth-order valence-corrected chi connectivity index (χ4v) is 7.23. The Morgan fingerprint density at radius 2 is 1.66 bits per heavy atom. The van der Waals surface area contributed by atoms with E-state index in [-0.39, 0.29) is 80.2 Å². The van der Waals surface area contributed by atoms with Crippen molar-refractivity contribution in [3.05, 3.63) is 92.8 Å². The number of hydrogen-bond donors (Lipinski definition) is 6. The molecule has 0 unspecified atom stereocenters. The van der Waals surface area contributed by atoms with Crippen LogP contribution in [0.15, 0.2) is 59.4 Å². The second kappa shape index (κ2) is 19.3. The minimum Gasteiger partial charge on any atom is -0.458 e. The van der Waals surface area contributed by atoms with E-state index >= 15 is 0 Å². The van der Waals surface area contributed by atoms with Crippen molar-refractivity contribution in [2.24, 2.45) is 0 Å². The second-order valence-electron chi connectivity index (χ2n) is 15.0. The van der Waals surface area contributed by atoms with Gasteiger partial charge < -0.3 is 50.5 Å². The minimum absolute atomic E-state index is 0.0309. The number of fused-ring (bicyclic) bond motifs is 5. The molecule has 322 valence electrons. The van der Waals surface area contributed by atoms with E-state index in [4.69, 9.17) is 19.2 Å². The van der Waals surface area contributed by atoms with Crippen molar-refractivity contribution >= 4 is 46.5 Å². The number of ether oxygens (including phenoxy) is 3. The highest BCUT2D eigenvalue weighted by Crippen LogP contribution is 2.40. The minimum atomic E-state index is -1.94. The number of esters is 2. The molecular formula is C43H49N7O11. The van der Waals surface area contributed by atoms with Crippen molar-refractivity contribution in [3.63, 3.8) is 0 Å². The number of pyridine rings is 2. The Labute approximate surface area is 350 Å². The predicted molar refractivity (Wildman–Crippen MR) is 220 cm³/mol. The maximum atomic E-state index is 13.6. The molecule has 4 amide bonds. The van der Waals surface area contributed by atoms with Gasteiger partial charge >= 0.3 is 11.9 Å². The van der Waals surface area contributed by atoms with Gasteiger partial charge in [0.1, 0.15) is 31.7 Å². The van der Waals surface area contributed by atoms with E-state index in [1.54, 1.807) is 60.0 Å². The Morgan fingerprint density at radius 1 is 0.918 bits per heavy atom. The quantitative estimate of drug-likeness (QED) is 0.0307. The number of carbonyl (C=O) groups is 6. The number of nitrogens with zero attached hydrogens (tertiary/aromatic N) is 2. The van der Waals surface area contributed by atoms with E-state index in [0.29, 0.717) is 28.7 Å². The zero-order valence-electron chi connectivity index (χ0n) is 34.3. The Balaban J connectivity index is 1.01. The molecule has 0 radical (unpaired) electrons. The average Bonchev–Trinajstić information content (AvgIpc) is 3.61. The summed E-state index contributed by atoms with van der Waals surface area (Å²) in [5.41, 5.74) is 2.23. The van der Waals surface area contributed by atoms with Crippen molar-refractivity contribution in [1.29, 1.82) is 0 Å². The molecule has 0 aliphatic carbocycles. The number of aryl methyl sites for hydroxylation is 1. The third-order valence-electron chi connectivity index (χ3n) is 10.4. The summed E-state index contributed by atoms with van der Waals surface area (Å²) in [6.45, 7) is 5.72. The largest absolute Gasteiger partial charge is 0.458 e. The number of cyclic esters (lactones) is 1. The SMILES string of the molecule is CCc1c2c(nc3ccc(OC(=O)COCNC(=O)CNC(=O)[C@H](Cc4ccccc4)NC(=O)CNC(=O)CNC(C)C)cc13)-c1cc3c(c(=O)n1C2)COC(=O)[C@]3(O)CC. The third kappa shape index (κ3) is 10.1. The molecule has 18 heteroatoms. The van der Waals surface area contributed by atoms with Crippen LogP contribution in [-0.4, -0.2) is 95.3 Å². The van der Waals surface area contributed by atoms with Gasteiger partial charge in [-0.05, 0) is 48.2 Å². The monoisotopic (exact) mass is 839 g/mol. The molecule has 6 rings (SSSR count). The van der Waals surface area contributed by atoms with E-state index in [1.165, 1.54) is 0 Å². The zero-order chi connectivity index (χ0) is 43.8. The first kappa shape index (κ1) is 44.1. The average molecular weight is 840 g/mol. The number of benzene rings is 2. The Kier molecular flexibility index (Phi) is 13.9. The first-order valence-electron chi connectivity index (χ1n) is 20.0. The van der Waals surface area contributed by atoms with E-state index in [2.05, 4.69) is 26.6 Å². The van der Waals surface area contributed by atoms with Crippen LogP contribution in [0, 0.1) is 0 Å². The molecule has 2 aliphatic heterocycles. The topological polar surface area (TPSA) is 245 Å². The second-order valence-corrected chi connectivity index (χ2v) is 15.0. The summed E-state index contributed by atoms with van der Waals surface area (Å²) in [5.74, 6) is -3.53. The summed E-state index contributed by atoms with van der Waals surface area (Å²) < 4.78 is 17.6. The molecule has 0 fully saturated rings. The fourth-order valence-electron chi connectivity index (χ4n) is 7.23. The number of aromatic nitrogens is 2. The first-order valence-corrected chi connectivity index (χ1v) is 20.0. The van der Waals surface area contributed by atoms with Crippen molar-refractivity contribution in [3.8, 4) is 17.1 Å². The standard InChI is InChI=1S/C43H49N7O11/c1-5-27-28-15-26(12-13-32(28)49-39-29(27)20-50-34(39)16-31-30(41(50)56)21-60-42(57)43(31,58)6-2)61-38(54)22-59-23-47-36(52)18-46-40(55)33(14-25-10-8-7-9-11-25)48-37(53)19-45-35(51)17-44-24(3)4/h7-13,15-16,24,33,44,58H,5-6,14,17-23H2,1-4H3,(H,45,51)(H,46,55)(H,47,52)(H,48,53)/t33-,43-/m0/s1. The Morgan fingerprint density at radius 3 is 2.38 bits per heavy atom. The summed E-state index contributed by atoms with van der Waals surface area (Å²) in [5, 5.41) is 24.9. The van der Waals surface area contributed by atoms with Gasteiger partial charge in [0.15, 0.2) is 5.60 Å². The number of aliphatic hydroxyl groups is 1. The summed E-state index contributed by atoms with van der Waals surface area (Å²) in [6.07, 6.45) is 0.721. The molecule has 4 heterocycles. The first-order chi connectivity index (χ1) is 29.2. The zero-order valence-corrected chi connectivity index (χ0v) is 34.3. The number of hydrogen-bond acceptors (Lipinski definition) is 13. The fraction of sp³-hybridized carbons (Fsp3) is 0.395. The van der Waals surface area contributed by atoms with Crippen molar-refractivity contribution < 1.29 is 48.1 Å². The van der Waals surface area contributed by atoms with Gasteiger partial charge in [-0.25, -0.2) is 14.6 Å². The molecule has 2 aromatic carbocycles. The van der Waals surface area contributed by atoms with E-state index in [0.717, 1.165) is 16.7 Å². The van der Waals surface area contributed by atoms with Crippen molar-refractivity contribution in [2.75, 3.05) is 33.0 Å². The van der Waals surface area contributed by atoms with Crippen LogP contribution in [0.4, 0.5) is 0 Å². The van der Waals surface area contributed by atoms with E-state index in [1.807, 2.05) is 26.8 Å². The van der Waals surface area contributed by atoms with Crippen LogP contribution >= 0.6 is 0 Å². The lowest BCUT2D eigenvalue weighted by Gasteiger charge is -2.31. The molecule has 2 atom stereocenters. The molecule has 2 aliphatic rings. The highest BCUT2D eigenvalue weighted by atomic mass is 16.6. The Hall–Kier alpha value is -6.50. The molecule has 2 aromatic heterocycles. The van der Waals surface area contributed by atoms with Gasteiger partial charge in [0, 0.05) is 29.0 Å². The van der Waals surface area contributed by atoms with Crippen LogP contribution in [0.5, 0.6) is 5.75 Å². The summed E-state index contributed by atoms with van der Waals surface area (Å²) in [6, 6.07) is 14.6. The van der Waals surface area contributed by atoms with Gasteiger partial charge in [0.05, 0.1) is 48.6 Å². The van der Waals surface area contributed by atoms with Crippen LogP contribution in [-0.2, 0) is 69.8 Å². The smallest absolute Gasteiger partial charge is 0.343 e. The number of carbonyl (C=O) groups excluding carboxylic acids is 6. The van der Waals surface area contributed by atoms with Gasteiger partial charge in [-0.1, -0.05) is 58.0 Å². The third-order valence-corrected chi connectivity index (χ3v) is 10.4. The highest BCUT2D eigenvalue weighted by molar-refractivity contribution is 5.93. The molecule has 18 nitrogen and oxygen atoms in total. The van der Waals surface area contributed by atoms with E-state index in [9.17, 15) is 38.7 Å². The molecule has 0 bridgehead atoms. The molecule has 6 N–H and O–H groups in total. The number of rotatable bonds is 18. The lowest BCUT2D eigenvalue weighted by Crippen LogP contribution is -2.52. The summed E-state index contributed by atoms with van der Waals surface area (Å²) in [7, 11) is 0. The van der Waals surface area contributed by atoms with Crippen LogP contribution in [0.25, 0.3) is 22.3 Å². The lowest BCUT2D eigenvalue weighted by molar-refractivity contribution is -0.172. The van der Waals surface area contributed by atoms with Crippen LogP contribution in [0.2, 0.25) is 0 Å².